The van der Waals surface area contributed by atoms with Crippen molar-refractivity contribution in [1.82, 2.24) is 5.32 Å². The highest BCUT2D eigenvalue weighted by Crippen LogP contribution is 2.38. The summed E-state index contributed by atoms with van der Waals surface area (Å²) in [7, 11) is 0. The minimum absolute atomic E-state index is 0.133. The molecule has 0 aromatic rings. The summed E-state index contributed by atoms with van der Waals surface area (Å²) in [5, 5.41) is 50.5. The third-order valence-electron chi connectivity index (χ3n) is 10.4. The molecule has 4 rings (SSSR count). The Hall–Kier alpha value is -6.18. The number of carboxylic acids is 3. The predicted octanol–water partition coefficient (Wildman–Crippen LogP) is -4.00. The van der Waals surface area contributed by atoms with E-state index in [0.717, 1.165) is 81.2 Å². The van der Waals surface area contributed by atoms with Gasteiger partial charge >= 0.3 is 41.8 Å². The Morgan fingerprint density at radius 2 is 0.974 bits per heavy atom. The van der Waals surface area contributed by atoms with Crippen molar-refractivity contribution in [3.63, 3.8) is 0 Å². The Morgan fingerprint density at radius 3 is 1.39 bits per heavy atom. The van der Waals surface area contributed by atoms with Gasteiger partial charge in [0.05, 0.1) is 32.0 Å². The van der Waals surface area contributed by atoms with Gasteiger partial charge in [0, 0.05) is 72.4 Å². The third kappa shape index (κ3) is 25.2. The molecule has 0 radical (unpaired) electrons. The van der Waals surface area contributed by atoms with Crippen LogP contribution >= 0.6 is 0 Å². The summed E-state index contributed by atoms with van der Waals surface area (Å²) in [6.45, 7) is 13.9. The van der Waals surface area contributed by atoms with E-state index in [1.165, 1.54) is 6.08 Å². The van der Waals surface area contributed by atoms with Gasteiger partial charge in [-0.15, -0.1) is 6.58 Å². The van der Waals surface area contributed by atoms with Gasteiger partial charge in [0.15, 0.2) is 55.5 Å². The number of carboxylic acid groups (broad SMARTS) is 3. The van der Waals surface area contributed by atoms with Crippen LogP contribution in [0.1, 0.15) is 95.4 Å². The van der Waals surface area contributed by atoms with Crippen molar-refractivity contribution in [3.8, 4) is 0 Å². The van der Waals surface area contributed by atoms with Crippen molar-refractivity contribution in [3.05, 3.63) is 24.3 Å². The maximum Gasteiger partial charge on any atom is 0.303 e. The Kier molecular flexibility index (Phi) is 30.9. The number of esters is 7. The molecule has 77 heavy (non-hydrogen) atoms. The smallest absolute Gasteiger partial charge is 0.303 e. The molecule has 4 aliphatic rings. The van der Waals surface area contributed by atoms with E-state index in [1.807, 2.05) is 6.08 Å². The van der Waals surface area contributed by atoms with Crippen molar-refractivity contribution in [1.29, 1.82) is 0 Å². The van der Waals surface area contributed by atoms with Gasteiger partial charge in [0.1, 0.15) is 31.0 Å². The minimum Gasteiger partial charge on any atom is -0.550 e. The van der Waals surface area contributed by atoms with E-state index in [4.69, 9.17) is 91.3 Å². The van der Waals surface area contributed by atoms with E-state index >= 15 is 0 Å². The molecule has 0 aromatic carbocycles. The van der Waals surface area contributed by atoms with Gasteiger partial charge in [-0.1, -0.05) is 12.2 Å². The number of aliphatic hydroxyl groups excluding tert-OH is 2. The molecule has 16 atom stereocenters. The van der Waals surface area contributed by atoms with Crippen molar-refractivity contribution < 1.29 is 135 Å². The molecule has 3 aliphatic heterocycles. The summed E-state index contributed by atoms with van der Waals surface area (Å²) in [5.74, 6) is -9.28. The Bertz CT molecular complexity index is 1990. The number of aliphatic carboxylic acids is 3. The van der Waals surface area contributed by atoms with Gasteiger partial charge in [-0.3, -0.25) is 33.6 Å². The van der Waals surface area contributed by atoms with Crippen LogP contribution in [-0.4, -0.2) is 194 Å². The standard InChI is InChI=1S/C42H61NO22.3C2H4O2/c1-10-14-53-40-38(60-25(8)51)35(57-22(5)48)32(29(17-45)62-40)64-42-39(61-26(9)52)36(58-23(6)49)33(30(63-42)18-54-20(3)46)65-41-37(59-24(7)50)34(56-21(4)47)31(19(2)55-41)43-28-13-11-12-27(15-28)16-44;3*1-2(3)4/h10,15,19,28-45H,1,11-14,16-18H2,2-9H3;3*1H3,(H,3,4)/p-3. The predicted molar refractivity (Wildman–Crippen MR) is 246 cm³/mol. The molecule has 29 nitrogen and oxygen atoms in total. The molecular weight excluding hydrogens is 1040 g/mol. The van der Waals surface area contributed by atoms with E-state index in [-0.39, 0.29) is 19.3 Å². The third-order valence-corrected chi connectivity index (χ3v) is 10.4. The highest BCUT2D eigenvalue weighted by Gasteiger charge is 2.59. The zero-order valence-electron chi connectivity index (χ0n) is 44.6. The van der Waals surface area contributed by atoms with Gasteiger partial charge in [-0.05, 0) is 52.5 Å². The molecule has 3 fully saturated rings. The second-order valence-corrected chi connectivity index (χ2v) is 17.2. The first kappa shape index (κ1) is 68.8. The molecule has 3 saturated heterocycles. The maximum atomic E-state index is 13.0. The molecule has 0 bridgehead atoms. The topological polar surface area (TPSA) is 412 Å². The van der Waals surface area contributed by atoms with Gasteiger partial charge in [0.25, 0.3) is 0 Å². The lowest BCUT2D eigenvalue weighted by atomic mass is 9.91. The minimum atomic E-state index is -1.88. The fourth-order valence-corrected chi connectivity index (χ4v) is 8.06. The van der Waals surface area contributed by atoms with Crippen molar-refractivity contribution in [2.24, 2.45) is 0 Å². The Balaban J connectivity index is 0.00000223. The van der Waals surface area contributed by atoms with Gasteiger partial charge in [-0.25, -0.2) is 0 Å². The molecule has 438 valence electrons. The average Bonchev–Trinajstić information content (AvgIpc) is 3.29. The zero-order valence-corrected chi connectivity index (χ0v) is 44.6. The number of aliphatic hydroxyl groups is 2. The van der Waals surface area contributed by atoms with E-state index in [9.17, 15) is 43.8 Å². The summed E-state index contributed by atoms with van der Waals surface area (Å²) in [6, 6.07) is -1.14. The molecule has 16 unspecified atom stereocenters. The van der Waals surface area contributed by atoms with Crippen LogP contribution in [0.25, 0.3) is 0 Å². The van der Waals surface area contributed by atoms with Crippen molar-refractivity contribution >= 4 is 59.7 Å². The van der Waals surface area contributed by atoms with Crippen LogP contribution < -0.4 is 20.6 Å². The van der Waals surface area contributed by atoms with Crippen LogP contribution in [0.2, 0.25) is 0 Å². The lowest BCUT2D eigenvalue weighted by molar-refractivity contribution is -0.376. The van der Waals surface area contributed by atoms with E-state index in [1.54, 1.807) is 6.92 Å². The number of carbonyl (C=O) groups is 10. The lowest BCUT2D eigenvalue weighted by Crippen LogP contribution is -2.69. The Labute approximate surface area is 443 Å². The van der Waals surface area contributed by atoms with Crippen molar-refractivity contribution in [2.75, 3.05) is 26.4 Å². The monoisotopic (exact) mass is 1110 g/mol. The number of ether oxygens (including phenoxy) is 13. The molecule has 0 spiro atoms. The number of nitrogens with one attached hydrogen (secondary N) is 1. The number of hydrogen-bond donors (Lipinski definition) is 3. The molecule has 0 amide bonds. The second-order valence-electron chi connectivity index (χ2n) is 17.2. The normalized spacial score (nSPS) is 30.3. The van der Waals surface area contributed by atoms with Gasteiger partial charge in [0.2, 0.25) is 0 Å². The highest BCUT2D eigenvalue weighted by atomic mass is 16.8. The van der Waals surface area contributed by atoms with Crippen LogP contribution in [0.4, 0.5) is 0 Å². The first-order valence-electron chi connectivity index (χ1n) is 23.8. The first-order valence-corrected chi connectivity index (χ1v) is 23.8. The molecule has 1 aliphatic carbocycles. The van der Waals surface area contributed by atoms with Gasteiger partial charge in [-0.2, -0.15) is 0 Å². The fourth-order valence-electron chi connectivity index (χ4n) is 8.06. The Morgan fingerprint density at radius 1 is 0.584 bits per heavy atom. The van der Waals surface area contributed by atoms with E-state index in [2.05, 4.69) is 11.9 Å². The van der Waals surface area contributed by atoms with Crippen LogP contribution in [0, 0.1) is 0 Å². The first-order chi connectivity index (χ1) is 35.9. The summed E-state index contributed by atoms with van der Waals surface area (Å²) in [5.41, 5.74) is 0.799. The summed E-state index contributed by atoms with van der Waals surface area (Å²) >= 11 is 0. The quantitative estimate of drug-likeness (QED) is 0.0630. The highest BCUT2D eigenvalue weighted by molar-refractivity contribution is 5.69. The number of hydrogen-bond acceptors (Lipinski definition) is 29. The van der Waals surface area contributed by atoms with Crippen LogP contribution in [-0.2, 0) is 110 Å². The van der Waals surface area contributed by atoms with E-state index < -0.39 is 165 Å². The molecule has 0 aromatic heterocycles. The molecule has 3 heterocycles. The van der Waals surface area contributed by atoms with Crippen LogP contribution in [0.5, 0.6) is 0 Å². The number of rotatable bonds is 19. The summed E-state index contributed by atoms with van der Waals surface area (Å²) < 4.78 is 76.6. The average molecular weight is 1110 g/mol. The largest absolute Gasteiger partial charge is 0.550 e. The molecular formula is C48H70NO28-3. The van der Waals surface area contributed by atoms with Gasteiger partial charge < -0.3 is 107 Å². The molecule has 29 heteroatoms. The summed E-state index contributed by atoms with van der Waals surface area (Å²) in [6.07, 6.45) is -16.3. The second kappa shape index (κ2) is 34.6. The fraction of sp³-hybridized carbons (Fsp3) is 0.708. The SMILES string of the molecule is C=CCOC1OC(CO)C(OC2OC(COC(C)=O)C(OC3OC(C)C(NC4C=C(CO)CCC4)C(OC(C)=O)C3OC(C)=O)C(OC(C)=O)C2OC(C)=O)C(OC(C)=O)C1OC(C)=O.CC(=O)[O-].CC(=O)[O-].CC(=O)[O-]. The number of carbonyl (C=O) groups excluding carboxylic acids is 10. The zero-order chi connectivity index (χ0) is 58.9. The summed E-state index contributed by atoms with van der Waals surface area (Å²) in [4.78, 5) is 115. The lowest BCUT2D eigenvalue weighted by Gasteiger charge is -2.50. The van der Waals surface area contributed by atoms with Crippen LogP contribution in [0.3, 0.4) is 0 Å². The maximum absolute atomic E-state index is 13.0. The molecule has 3 N–H and O–H groups in total. The van der Waals surface area contributed by atoms with Crippen molar-refractivity contribution in [2.45, 2.75) is 194 Å². The molecule has 0 saturated carbocycles. The van der Waals surface area contributed by atoms with Crippen LogP contribution in [0.15, 0.2) is 24.3 Å². The van der Waals surface area contributed by atoms with E-state index in [0.29, 0.717) is 12.8 Å².